The fourth-order valence-corrected chi connectivity index (χ4v) is 4.34. The molecule has 0 radical (unpaired) electrons. The van der Waals surface area contributed by atoms with Gasteiger partial charge in [0.1, 0.15) is 4.90 Å². The minimum atomic E-state index is -4.07. The van der Waals surface area contributed by atoms with Crippen molar-refractivity contribution in [1.82, 2.24) is 4.90 Å². The summed E-state index contributed by atoms with van der Waals surface area (Å²) in [6.07, 6.45) is 1.22. The average molecular weight is 370 g/mol. The first kappa shape index (κ1) is 19.6. The van der Waals surface area contributed by atoms with Crippen molar-refractivity contribution in [2.75, 3.05) is 25.0 Å². The summed E-state index contributed by atoms with van der Waals surface area (Å²) in [6.45, 7) is 9.21. The molecule has 3 unspecified atom stereocenters. The van der Waals surface area contributed by atoms with Gasteiger partial charge < -0.3 is 10.2 Å². The quantitative estimate of drug-likeness (QED) is 0.584. The molecular weight excluding hydrogens is 344 g/mol. The number of benzene rings is 1. The van der Waals surface area contributed by atoms with E-state index in [9.17, 15) is 18.5 Å². The van der Waals surface area contributed by atoms with Gasteiger partial charge in [0.25, 0.3) is 5.69 Å². The number of likely N-dealkylation sites (tertiary alicyclic amines) is 1. The van der Waals surface area contributed by atoms with Crippen LogP contribution in [-0.4, -0.2) is 43.9 Å². The summed E-state index contributed by atoms with van der Waals surface area (Å²) in [5, 5.41) is 19.2. The van der Waals surface area contributed by atoms with E-state index in [1.807, 2.05) is 6.92 Å². The lowest BCUT2D eigenvalue weighted by Crippen LogP contribution is -2.43. The van der Waals surface area contributed by atoms with E-state index in [-0.39, 0.29) is 16.6 Å². The van der Waals surface area contributed by atoms with E-state index >= 15 is 0 Å². The van der Waals surface area contributed by atoms with Gasteiger partial charge >= 0.3 is 0 Å². The van der Waals surface area contributed by atoms with E-state index in [2.05, 4.69) is 24.1 Å². The SMILES string of the molecule is CC1CC(C)CN(CC(C)Nc2ccc([N+](=O)[O-])cc2S(N)(=O)=O)C1. The van der Waals surface area contributed by atoms with E-state index in [0.717, 1.165) is 25.7 Å². The molecule has 1 aromatic rings. The number of nitro groups is 1. The Labute approximate surface area is 148 Å². The van der Waals surface area contributed by atoms with Gasteiger partial charge in [-0.2, -0.15) is 0 Å². The molecular formula is C16H26N4O4S. The van der Waals surface area contributed by atoms with Gasteiger partial charge in [-0.25, -0.2) is 13.6 Å². The second kappa shape index (κ2) is 7.67. The van der Waals surface area contributed by atoms with E-state index in [0.29, 0.717) is 17.5 Å². The minimum absolute atomic E-state index is 0.0283. The van der Waals surface area contributed by atoms with Gasteiger partial charge in [-0.1, -0.05) is 13.8 Å². The molecule has 1 heterocycles. The van der Waals surface area contributed by atoms with Crippen molar-refractivity contribution >= 4 is 21.4 Å². The third-order valence-electron chi connectivity index (χ3n) is 4.36. The summed E-state index contributed by atoms with van der Waals surface area (Å²) in [5.74, 6) is 1.27. The Bertz CT molecular complexity index is 728. The predicted molar refractivity (Wildman–Crippen MR) is 96.9 cm³/mol. The average Bonchev–Trinajstić information content (AvgIpc) is 2.44. The molecule has 0 saturated carbocycles. The number of hydrogen-bond donors (Lipinski definition) is 2. The van der Waals surface area contributed by atoms with Crippen molar-refractivity contribution in [3.8, 4) is 0 Å². The van der Waals surface area contributed by atoms with Crippen molar-refractivity contribution in [2.24, 2.45) is 17.0 Å². The summed E-state index contributed by atoms with van der Waals surface area (Å²) in [4.78, 5) is 12.3. The van der Waals surface area contributed by atoms with E-state index in [1.54, 1.807) is 0 Å². The Balaban J connectivity index is 2.14. The highest BCUT2D eigenvalue weighted by atomic mass is 32.2. The Morgan fingerprint density at radius 1 is 1.36 bits per heavy atom. The zero-order valence-electron chi connectivity index (χ0n) is 14.8. The van der Waals surface area contributed by atoms with Crippen LogP contribution in [0.2, 0.25) is 0 Å². The molecule has 3 atom stereocenters. The Hall–Kier alpha value is -1.71. The lowest BCUT2D eigenvalue weighted by atomic mass is 9.92. The number of nitrogens with one attached hydrogen (secondary N) is 1. The van der Waals surface area contributed by atoms with E-state index in [4.69, 9.17) is 5.14 Å². The van der Waals surface area contributed by atoms with Gasteiger partial charge in [-0.05, 0) is 31.2 Å². The Morgan fingerprint density at radius 2 is 1.96 bits per heavy atom. The van der Waals surface area contributed by atoms with Crippen LogP contribution in [0.15, 0.2) is 23.1 Å². The molecule has 3 N–H and O–H groups in total. The summed E-state index contributed by atoms with van der Waals surface area (Å²) >= 11 is 0. The maximum absolute atomic E-state index is 11.8. The first-order valence-electron chi connectivity index (χ1n) is 8.36. The van der Waals surface area contributed by atoms with E-state index in [1.165, 1.54) is 18.6 Å². The normalized spacial score (nSPS) is 23.2. The molecule has 0 aromatic heterocycles. The number of rotatable bonds is 6. The molecule has 0 bridgehead atoms. The van der Waals surface area contributed by atoms with Crippen LogP contribution in [0.25, 0.3) is 0 Å². The number of nitrogens with two attached hydrogens (primary N) is 1. The lowest BCUT2D eigenvalue weighted by molar-refractivity contribution is -0.385. The van der Waals surface area contributed by atoms with Crippen molar-refractivity contribution in [3.05, 3.63) is 28.3 Å². The second-order valence-corrected chi connectivity index (χ2v) is 8.72. The van der Waals surface area contributed by atoms with Gasteiger partial charge in [0.05, 0.1) is 10.6 Å². The summed E-state index contributed by atoms with van der Waals surface area (Å²) in [6, 6.07) is 3.64. The van der Waals surface area contributed by atoms with Crippen LogP contribution < -0.4 is 10.5 Å². The number of primary sulfonamides is 1. The topological polar surface area (TPSA) is 119 Å². The van der Waals surface area contributed by atoms with E-state index < -0.39 is 14.9 Å². The van der Waals surface area contributed by atoms with Gasteiger partial charge in [-0.15, -0.1) is 0 Å². The number of piperidine rings is 1. The molecule has 0 spiro atoms. The molecule has 1 aliphatic rings. The maximum atomic E-state index is 11.8. The van der Waals surface area contributed by atoms with Crippen LogP contribution >= 0.6 is 0 Å². The number of nitro benzene ring substituents is 1. The Kier molecular flexibility index (Phi) is 6.02. The zero-order chi connectivity index (χ0) is 18.8. The van der Waals surface area contributed by atoms with Gasteiger partial charge in [-0.3, -0.25) is 10.1 Å². The van der Waals surface area contributed by atoms with Crippen LogP contribution in [0.1, 0.15) is 27.2 Å². The molecule has 9 heteroatoms. The highest BCUT2D eigenvalue weighted by molar-refractivity contribution is 7.89. The van der Waals surface area contributed by atoms with Crippen LogP contribution in [0.5, 0.6) is 0 Å². The van der Waals surface area contributed by atoms with Crippen molar-refractivity contribution < 1.29 is 13.3 Å². The molecule has 1 aromatic carbocycles. The van der Waals surface area contributed by atoms with Crippen molar-refractivity contribution in [1.29, 1.82) is 0 Å². The molecule has 1 saturated heterocycles. The zero-order valence-corrected chi connectivity index (χ0v) is 15.6. The first-order chi connectivity index (χ1) is 11.6. The third-order valence-corrected chi connectivity index (χ3v) is 5.31. The van der Waals surface area contributed by atoms with Crippen LogP contribution in [0.3, 0.4) is 0 Å². The van der Waals surface area contributed by atoms with Crippen LogP contribution in [0.4, 0.5) is 11.4 Å². The molecule has 2 rings (SSSR count). The summed E-state index contributed by atoms with van der Waals surface area (Å²) in [7, 11) is -4.07. The maximum Gasteiger partial charge on any atom is 0.270 e. The fraction of sp³-hybridized carbons (Fsp3) is 0.625. The molecule has 1 aliphatic heterocycles. The first-order valence-corrected chi connectivity index (χ1v) is 9.91. The Morgan fingerprint density at radius 3 is 2.48 bits per heavy atom. The lowest BCUT2D eigenvalue weighted by Gasteiger charge is -2.36. The number of anilines is 1. The predicted octanol–water partition coefficient (Wildman–Crippen LogP) is 2.02. The highest BCUT2D eigenvalue weighted by Crippen LogP contribution is 2.27. The van der Waals surface area contributed by atoms with Gasteiger partial charge in [0.15, 0.2) is 0 Å². The van der Waals surface area contributed by atoms with Gasteiger partial charge in [0, 0.05) is 37.8 Å². The van der Waals surface area contributed by atoms with Gasteiger partial charge in [0.2, 0.25) is 10.0 Å². The molecule has 140 valence electrons. The second-order valence-electron chi connectivity index (χ2n) is 7.19. The number of nitrogens with zero attached hydrogens (tertiary/aromatic N) is 2. The standard InChI is InChI=1S/C16H26N4O4S/c1-11-6-12(2)9-19(8-11)10-13(3)18-15-5-4-14(20(21)22)7-16(15)25(17,23)24/h4-5,7,11-13,18H,6,8-10H2,1-3H3,(H2,17,23,24). The molecule has 0 aliphatic carbocycles. The van der Waals surface area contributed by atoms with Crippen molar-refractivity contribution in [2.45, 2.75) is 38.1 Å². The minimum Gasteiger partial charge on any atom is -0.380 e. The smallest absolute Gasteiger partial charge is 0.270 e. The van der Waals surface area contributed by atoms with Crippen LogP contribution in [0, 0.1) is 22.0 Å². The highest BCUT2D eigenvalue weighted by Gasteiger charge is 2.24. The summed E-state index contributed by atoms with van der Waals surface area (Å²) < 4.78 is 23.6. The monoisotopic (exact) mass is 370 g/mol. The molecule has 25 heavy (non-hydrogen) atoms. The summed E-state index contributed by atoms with van der Waals surface area (Å²) in [5.41, 5.74) is -0.0142. The third kappa shape index (κ3) is 5.38. The molecule has 0 amide bonds. The van der Waals surface area contributed by atoms with Crippen LogP contribution in [-0.2, 0) is 10.0 Å². The molecule has 1 fully saturated rings. The fourth-order valence-electron chi connectivity index (χ4n) is 3.62. The number of sulfonamides is 1. The number of hydrogen-bond acceptors (Lipinski definition) is 6. The van der Waals surface area contributed by atoms with Crippen molar-refractivity contribution in [3.63, 3.8) is 0 Å². The number of non-ortho nitro benzene ring substituents is 1. The largest absolute Gasteiger partial charge is 0.380 e. The molecule has 8 nitrogen and oxygen atoms in total.